The van der Waals surface area contributed by atoms with Gasteiger partial charge in [-0.3, -0.25) is 0 Å². The standard InChI is InChI=1S/C22H18F2N4OS2/c23-14-10-17-20(26-11-30-17)18(24)19(14)28-15-2-5-25-21-12(15)9-16(31-21)13-1-6-27-22(13)3-7-29-8-4-22/h1-2,5,9-11,27H,3-4,6-8H2,(H,25,28). The molecular formula is C22H18F2N4OS2. The average Bonchev–Trinajstić information content (AvgIpc) is 3.50. The van der Waals surface area contributed by atoms with Gasteiger partial charge in [0.15, 0.2) is 11.6 Å². The summed E-state index contributed by atoms with van der Waals surface area (Å²) in [5.41, 5.74) is 3.32. The van der Waals surface area contributed by atoms with E-state index in [2.05, 4.69) is 32.7 Å². The lowest BCUT2D eigenvalue weighted by molar-refractivity contribution is 0.0622. The zero-order valence-corrected chi connectivity index (χ0v) is 18.0. The van der Waals surface area contributed by atoms with E-state index in [4.69, 9.17) is 4.74 Å². The third kappa shape index (κ3) is 3.07. The van der Waals surface area contributed by atoms with E-state index in [-0.39, 0.29) is 16.7 Å². The molecule has 2 N–H and O–H groups in total. The summed E-state index contributed by atoms with van der Waals surface area (Å²) in [4.78, 5) is 10.5. The van der Waals surface area contributed by atoms with E-state index in [1.807, 2.05) is 0 Å². The Morgan fingerprint density at radius 1 is 1.16 bits per heavy atom. The lowest BCUT2D eigenvalue weighted by Gasteiger charge is -2.36. The van der Waals surface area contributed by atoms with Gasteiger partial charge >= 0.3 is 0 Å². The predicted molar refractivity (Wildman–Crippen MR) is 121 cm³/mol. The number of hydrogen-bond acceptors (Lipinski definition) is 7. The summed E-state index contributed by atoms with van der Waals surface area (Å²) in [6, 6.07) is 5.14. The molecular weight excluding hydrogens is 438 g/mol. The minimum Gasteiger partial charge on any atom is -0.381 e. The van der Waals surface area contributed by atoms with Crippen molar-refractivity contribution in [3.8, 4) is 0 Å². The van der Waals surface area contributed by atoms with Gasteiger partial charge in [0.1, 0.15) is 16.0 Å². The number of benzene rings is 1. The molecule has 0 unspecified atom stereocenters. The molecule has 1 fully saturated rings. The Kier molecular flexibility index (Phi) is 4.53. The van der Waals surface area contributed by atoms with Crippen molar-refractivity contribution in [2.45, 2.75) is 18.4 Å². The molecule has 0 bridgehead atoms. The van der Waals surface area contributed by atoms with Gasteiger partial charge in [-0.05, 0) is 36.6 Å². The summed E-state index contributed by atoms with van der Waals surface area (Å²) in [6.07, 6.45) is 5.75. The Bertz CT molecular complexity index is 1340. The highest BCUT2D eigenvalue weighted by molar-refractivity contribution is 7.19. The van der Waals surface area contributed by atoms with E-state index in [9.17, 15) is 8.78 Å². The first-order valence-corrected chi connectivity index (χ1v) is 11.7. The number of nitrogens with zero attached hydrogens (tertiary/aromatic N) is 2. The van der Waals surface area contributed by atoms with Crippen LogP contribution in [0.4, 0.5) is 20.2 Å². The topological polar surface area (TPSA) is 59.1 Å². The molecule has 5 heterocycles. The molecule has 4 aromatic rings. The second-order valence-corrected chi connectivity index (χ2v) is 9.67. The zero-order chi connectivity index (χ0) is 21.0. The normalized spacial score (nSPS) is 18.2. The highest BCUT2D eigenvalue weighted by Gasteiger charge is 2.39. The molecule has 31 heavy (non-hydrogen) atoms. The van der Waals surface area contributed by atoms with Gasteiger partial charge in [0, 0.05) is 41.8 Å². The number of ether oxygens (including phenoxy) is 1. The van der Waals surface area contributed by atoms with Crippen LogP contribution in [0.3, 0.4) is 0 Å². The minimum atomic E-state index is -0.680. The Morgan fingerprint density at radius 2 is 2.03 bits per heavy atom. The van der Waals surface area contributed by atoms with E-state index >= 15 is 0 Å². The van der Waals surface area contributed by atoms with Gasteiger partial charge in [-0.25, -0.2) is 18.7 Å². The number of aromatic nitrogens is 2. The first kappa shape index (κ1) is 19.2. The van der Waals surface area contributed by atoms with Gasteiger partial charge in [0.2, 0.25) is 0 Å². The molecule has 2 aliphatic rings. The van der Waals surface area contributed by atoms with Crippen molar-refractivity contribution in [1.82, 2.24) is 15.3 Å². The molecule has 1 spiro atoms. The molecule has 0 radical (unpaired) electrons. The van der Waals surface area contributed by atoms with Crippen molar-refractivity contribution < 1.29 is 13.5 Å². The fourth-order valence-electron chi connectivity index (χ4n) is 4.50. The fraction of sp³-hybridized carbons (Fsp3) is 0.273. The minimum absolute atomic E-state index is 0.0689. The Balaban J connectivity index is 1.42. The van der Waals surface area contributed by atoms with Gasteiger partial charge < -0.3 is 15.4 Å². The quantitative estimate of drug-likeness (QED) is 0.429. The number of rotatable bonds is 3. The average molecular weight is 457 g/mol. The molecule has 0 amide bonds. The number of thiazole rings is 1. The van der Waals surface area contributed by atoms with E-state index in [1.54, 1.807) is 23.6 Å². The first-order valence-electron chi connectivity index (χ1n) is 10.1. The summed E-state index contributed by atoms with van der Waals surface area (Å²) in [5, 5.41) is 7.45. The molecule has 3 aromatic heterocycles. The predicted octanol–water partition coefficient (Wildman–Crippen LogP) is 5.46. The lowest BCUT2D eigenvalue weighted by Crippen LogP contribution is -2.46. The van der Waals surface area contributed by atoms with Crippen LogP contribution in [0.5, 0.6) is 0 Å². The number of hydrogen-bond donors (Lipinski definition) is 2. The van der Waals surface area contributed by atoms with Crippen LogP contribution in [0.15, 0.2) is 36.0 Å². The number of fused-ring (bicyclic) bond motifs is 2. The molecule has 6 rings (SSSR count). The van der Waals surface area contributed by atoms with E-state index in [0.29, 0.717) is 10.4 Å². The molecule has 2 aliphatic heterocycles. The van der Waals surface area contributed by atoms with Crippen LogP contribution >= 0.6 is 22.7 Å². The number of pyridine rings is 1. The second kappa shape index (κ2) is 7.30. The van der Waals surface area contributed by atoms with Crippen molar-refractivity contribution in [1.29, 1.82) is 0 Å². The first-order chi connectivity index (χ1) is 15.1. The van der Waals surface area contributed by atoms with Gasteiger partial charge in [-0.1, -0.05) is 6.08 Å². The van der Waals surface area contributed by atoms with E-state index in [0.717, 1.165) is 47.7 Å². The van der Waals surface area contributed by atoms with Crippen LogP contribution in [-0.2, 0) is 4.74 Å². The highest BCUT2D eigenvalue weighted by atomic mass is 32.1. The summed E-state index contributed by atoms with van der Waals surface area (Å²) >= 11 is 2.81. The van der Waals surface area contributed by atoms with Crippen LogP contribution in [0.2, 0.25) is 0 Å². The van der Waals surface area contributed by atoms with Gasteiger partial charge in [0.05, 0.1) is 15.9 Å². The van der Waals surface area contributed by atoms with Crippen molar-refractivity contribution in [2.75, 3.05) is 25.1 Å². The van der Waals surface area contributed by atoms with Crippen LogP contribution < -0.4 is 10.6 Å². The van der Waals surface area contributed by atoms with Crippen molar-refractivity contribution in [3.63, 3.8) is 0 Å². The molecule has 1 saturated heterocycles. The summed E-state index contributed by atoms with van der Waals surface area (Å²) in [7, 11) is 0. The van der Waals surface area contributed by atoms with E-state index in [1.165, 1.54) is 28.5 Å². The largest absolute Gasteiger partial charge is 0.381 e. The summed E-state index contributed by atoms with van der Waals surface area (Å²) in [5.74, 6) is -1.32. The van der Waals surface area contributed by atoms with Crippen LogP contribution in [0.25, 0.3) is 26.0 Å². The molecule has 0 atom stereocenters. The number of nitrogens with one attached hydrogen (secondary N) is 2. The molecule has 0 aliphatic carbocycles. The van der Waals surface area contributed by atoms with Crippen LogP contribution in [-0.4, -0.2) is 35.3 Å². The maximum atomic E-state index is 14.9. The van der Waals surface area contributed by atoms with Gasteiger partial charge in [-0.2, -0.15) is 0 Å². The van der Waals surface area contributed by atoms with Crippen molar-refractivity contribution in [3.05, 3.63) is 52.5 Å². The monoisotopic (exact) mass is 456 g/mol. The number of anilines is 2. The lowest BCUT2D eigenvalue weighted by atomic mass is 9.83. The molecule has 1 aromatic carbocycles. The summed E-state index contributed by atoms with van der Waals surface area (Å²) in [6.45, 7) is 2.29. The number of halogens is 2. The number of thiophene rings is 1. The highest BCUT2D eigenvalue weighted by Crippen LogP contribution is 2.44. The third-order valence-electron chi connectivity index (χ3n) is 6.09. The maximum absolute atomic E-state index is 14.9. The smallest absolute Gasteiger partial charge is 0.176 e. The SMILES string of the molecule is Fc1cc2scnc2c(F)c1Nc1ccnc2sc(C3=CCNC34CCOCC4)cc12. The molecule has 5 nitrogen and oxygen atoms in total. The van der Waals surface area contributed by atoms with E-state index < -0.39 is 11.6 Å². The van der Waals surface area contributed by atoms with Crippen LogP contribution in [0, 0.1) is 11.6 Å². The molecule has 0 saturated carbocycles. The van der Waals surface area contributed by atoms with Gasteiger partial charge in [0.25, 0.3) is 0 Å². The Morgan fingerprint density at radius 3 is 2.90 bits per heavy atom. The molecule has 158 valence electrons. The van der Waals surface area contributed by atoms with Crippen LogP contribution in [0.1, 0.15) is 17.7 Å². The fourth-order valence-corrected chi connectivity index (χ4v) is 6.37. The van der Waals surface area contributed by atoms with Crippen molar-refractivity contribution >= 4 is 60.1 Å². The third-order valence-corrected chi connectivity index (χ3v) is 7.94. The maximum Gasteiger partial charge on any atom is 0.176 e. The Hall–Kier alpha value is -2.46. The zero-order valence-electron chi connectivity index (χ0n) is 16.4. The van der Waals surface area contributed by atoms with Crippen molar-refractivity contribution in [2.24, 2.45) is 0 Å². The second-order valence-electron chi connectivity index (χ2n) is 7.75. The molecule has 9 heteroatoms. The Labute approximate surface area is 184 Å². The van der Waals surface area contributed by atoms with Gasteiger partial charge in [-0.15, -0.1) is 22.7 Å². The summed E-state index contributed by atoms with van der Waals surface area (Å²) < 4.78 is 35.7.